The summed E-state index contributed by atoms with van der Waals surface area (Å²) >= 11 is 1.84. The SMILES string of the molecule is CC/C=C(OC1CCCCC1)/C(=C/CCCCCCC)SC. The van der Waals surface area contributed by atoms with Crippen molar-refractivity contribution in [2.45, 2.75) is 97.0 Å². The molecule has 0 aromatic carbocycles. The number of hydrogen-bond acceptors (Lipinski definition) is 2. The highest BCUT2D eigenvalue weighted by atomic mass is 32.2. The zero-order valence-corrected chi connectivity index (χ0v) is 15.9. The van der Waals surface area contributed by atoms with Crippen LogP contribution in [0.15, 0.2) is 22.8 Å². The minimum absolute atomic E-state index is 0.451. The number of ether oxygens (including phenoxy) is 1. The molecule has 0 saturated heterocycles. The highest BCUT2D eigenvalue weighted by Gasteiger charge is 2.17. The summed E-state index contributed by atoms with van der Waals surface area (Å²) in [5.41, 5.74) is 0. The standard InChI is InChI=1S/C20H36OS/c1-4-6-7-8-9-13-17-20(22-3)19(14-5-2)21-18-15-11-10-12-16-18/h14,17-18H,4-13,15-16H2,1-3H3/b19-14-,20-17-. The Kier molecular flexibility index (Phi) is 11.7. The van der Waals surface area contributed by atoms with Crippen LogP contribution in [-0.2, 0) is 4.74 Å². The van der Waals surface area contributed by atoms with Crippen LogP contribution in [0.4, 0.5) is 0 Å². The summed E-state index contributed by atoms with van der Waals surface area (Å²) in [5.74, 6) is 1.15. The highest BCUT2D eigenvalue weighted by Crippen LogP contribution is 2.29. The van der Waals surface area contributed by atoms with Gasteiger partial charge in [0, 0.05) is 4.91 Å². The molecule has 0 amide bonds. The first-order valence-corrected chi connectivity index (χ1v) is 10.7. The van der Waals surface area contributed by atoms with Gasteiger partial charge in [0.15, 0.2) is 0 Å². The summed E-state index contributed by atoms with van der Waals surface area (Å²) in [7, 11) is 0. The van der Waals surface area contributed by atoms with Gasteiger partial charge in [0.25, 0.3) is 0 Å². The predicted molar refractivity (Wildman–Crippen MR) is 101 cm³/mol. The summed E-state index contributed by atoms with van der Waals surface area (Å²) in [6.45, 7) is 4.48. The summed E-state index contributed by atoms with van der Waals surface area (Å²) in [4.78, 5) is 1.35. The molecule has 1 fully saturated rings. The zero-order chi connectivity index (χ0) is 16.0. The van der Waals surface area contributed by atoms with Crippen molar-refractivity contribution in [2.75, 3.05) is 6.26 Å². The van der Waals surface area contributed by atoms with Crippen molar-refractivity contribution in [3.05, 3.63) is 22.8 Å². The predicted octanol–water partition coefficient (Wildman–Crippen LogP) is 7.24. The molecule has 0 N–H and O–H groups in total. The van der Waals surface area contributed by atoms with E-state index in [4.69, 9.17) is 4.74 Å². The zero-order valence-electron chi connectivity index (χ0n) is 15.0. The van der Waals surface area contributed by atoms with Gasteiger partial charge in [-0.15, -0.1) is 11.8 Å². The van der Waals surface area contributed by atoms with Crippen LogP contribution >= 0.6 is 11.8 Å². The van der Waals surface area contributed by atoms with Crippen molar-refractivity contribution in [1.82, 2.24) is 0 Å². The second kappa shape index (κ2) is 13.1. The molecule has 2 heteroatoms. The van der Waals surface area contributed by atoms with E-state index in [0.717, 1.165) is 12.2 Å². The fourth-order valence-electron chi connectivity index (χ4n) is 3.02. The average Bonchev–Trinajstić information content (AvgIpc) is 2.55. The molecule has 1 aliphatic rings. The van der Waals surface area contributed by atoms with Crippen LogP contribution in [0.2, 0.25) is 0 Å². The van der Waals surface area contributed by atoms with Crippen LogP contribution < -0.4 is 0 Å². The summed E-state index contributed by atoms with van der Waals surface area (Å²) in [6.07, 6.45) is 22.8. The van der Waals surface area contributed by atoms with Gasteiger partial charge in [0.2, 0.25) is 0 Å². The van der Waals surface area contributed by atoms with Gasteiger partial charge in [-0.3, -0.25) is 0 Å². The third-order valence-corrected chi connectivity index (χ3v) is 5.14. The van der Waals surface area contributed by atoms with Gasteiger partial charge in [-0.2, -0.15) is 0 Å². The smallest absolute Gasteiger partial charge is 0.128 e. The van der Waals surface area contributed by atoms with Gasteiger partial charge in [0.05, 0.1) is 6.10 Å². The van der Waals surface area contributed by atoms with E-state index in [1.807, 2.05) is 11.8 Å². The van der Waals surface area contributed by atoms with Crippen LogP contribution in [0.5, 0.6) is 0 Å². The largest absolute Gasteiger partial charge is 0.490 e. The van der Waals surface area contributed by atoms with E-state index in [1.165, 1.54) is 75.5 Å². The number of allylic oxidation sites excluding steroid dienone is 2. The quantitative estimate of drug-likeness (QED) is 0.225. The lowest BCUT2D eigenvalue weighted by Crippen LogP contribution is -2.16. The van der Waals surface area contributed by atoms with Crippen LogP contribution in [0.25, 0.3) is 0 Å². The molecule has 0 atom stereocenters. The molecule has 1 rings (SSSR count). The van der Waals surface area contributed by atoms with E-state index in [9.17, 15) is 0 Å². The van der Waals surface area contributed by atoms with Gasteiger partial charge >= 0.3 is 0 Å². The van der Waals surface area contributed by atoms with Crippen molar-refractivity contribution in [2.24, 2.45) is 0 Å². The summed E-state index contributed by atoms with van der Waals surface area (Å²) < 4.78 is 6.35. The molecule has 1 saturated carbocycles. The van der Waals surface area contributed by atoms with E-state index >= 15 is 0 Å². The average molecular weight is 325 g/mol. The Labute approximate surface area is 143 Å². The lowest BCUT2D eigenvalue weighted by Gasteiger charge is -2.25. The van der Waals surface area contributed by atoms with Gasteiger partial charge in [0.1, 0.15) is 5.76 Å². The van der Waals surface area contributed by atoms with Gasteiger partial charge < -0.3 is 4.74 Å². The molecule has 0 aliphatic heterocycles. The van der Waals surface area contributed by atoms with Gasteiger partial charge in [-0.1, -0.05) is 52.0 Å². The van der Waals surface area contributed by atoms with Crippen LogP contribution in [0.3, 0.4) is 0 Å². The molecule has 0 heterocycles. The Balaban J connectivity index is 2.48. The molecular formula is C20H36OS. The van der Waals surface area contributed by atoms with Crippen LogP contribution in [0, 0.1) is 0 Å². The topological polar surface area (TPSA) is 9.23 Å². The van der Waals surface area contributed by atoms with Crippen molar-refractivity contribution < 1.29 is 4.74 Å². The maximum Gasteiger partial charge on any atom is 0.128 e. The number of hydrogen-bond donors (Lipinski definition) is 0. The number of thioether (sulfide) groups is 1. The third-order valence-electron chi connectivity index (χ3n) is 4.34. The van der Waals surface area contributed by atoms with Crippen molar-refractivity contribution in [3.63, 3.8) is 0 Å². The fourth-order valence-corrected chi connectivity index (χ4v) is 3.64. The first-order chi connectivity index (χ1) is 10.8. The van der Waals surface area contributed by atoms with E-state index in [0.29, 0.717) is 6.10 Å². The second-order valence-corrected chi connectivity index (χ2v) is 7.18. The minimum Gasteiger partial charge on any atom is -0.490 e. The maximum absolute atomic E-state index is 6.35. The van der Waals surface area contributed by atoms with Crippen molar-refractivity contribution >= 4 is 11.8 Å². The third kappa shape index (κ3) is 8.31. The van der Waals surface area contributed by atoms with E-state index in [-0.39, 0.29) is 0 Å². The Hall–Kier alpha value is -0.370. The molecule has 0 bridgehead atoms. The fraction of sp³-hybridized carbons (Fsp3) is 0.800. The summed E-state index contributed by atoms with van der Waals surface area (Å²) in [6, 6.07) is 0. The molecule has 128 valence electrons. The van der Waals surface area contributed by atoms with E-state index < -0.39 is 0 Å². The Morgan fingerprint density at radius 3 is 2.36 bits per heavy atom. The molecular weight excluding hydrogens is 288 g/mol. The highest BCUT2D eigenvalue weighted by molar-refractivity contribution is 8.02. The van der Waals surface area contributed by atoms with Crippen LogP contribution in [-0.4, -0.2) is 12.4 Å². The molecule has 0 unspecified atom stereocenters. The van der Waals surface area contributed by atoms with E-state index in [1.54, 1.807) is 0 Å². The molecule has 1 nitrogen and oxygen atoms in total. The lowest BCUT2D eigenvalue weighted by atomic mass is 9.98. The molecule has 0 radical (unpaired) electrons. The lowest BCUT2D eigenvalue weighted by molar-refractivity contribution is 0.0886. The Bertz CT molecular complexity index is 327. The Morgan fingerprint density at radius 2 is 1.73 bits per heavy atom. The molecule has 0 aromatic heterocycles. The second-order valence-electron chi connectivity index (χ2n) is 6.33. The first-order valence-electron chi connectivity index (χ1n) is 9.43. The molecule has 0 aromatic rings. The minimum atomic E-state index is 0.451. The molecule has 1 aliphatic carbocycles. The van der Waals surface area contributed by atoms with Gasteiger partial charge in [-0.05, 0) is 57.3 Å². The normalized spacial score (nSPS) is 17.8. The molecule has 0 spiro atoms. The maximum atomic E-state index is 6.35. The van der Waals surface area contributed by atoms with Crippen LogP contribution in [0.1, 0.15) is 90.9 Å². The number of unbranched alkanes of at least 4 members (excludes halogenated alkanes) is 5. The summed E-state index contributed by atoms with van der Waals surface area (Å²) in [5, 5.41) is 0. The molecule has 22 heavy (non-hydrogen) atoms. The number of rotatable bonds is 11. The van der Waals surface area contributed by atoms with E-state index in [2.05, 4.69) is 32.3 Å². The van der Waals surface area contributed by atoms with Gasteiger partial charge in [-0.25, -0.2) is 0 Å². The Morgan fingerprint density at radius 1 is 1.00 bits per heavy atom. The van der Waals surface area contributed by atoms with Crippen molar-refractivity contribution in [3.8, 4) is 0 Å². The first kappa shape index (κ1) is 19.7. The van der Waals surface area contributed by atoms with Crippen molar-refractivity contribution in [1.29, 1.82) is 0 Å². The monoisotopic (exact) mass is 324 g/mol.